The summed E-state index contributed by atoms with van der Waals surface area (Å²) < 4.78 is 3.84. The Morgan fingerprint density at radius 3 is 2.92 bits per heavy atom. The highest BCUT2D eigenvalue weighted by Gasteiger charge is 2.16. The minimum absolute atomic E-state index is 0.0353. The van der Waals surface area contributed by atoms with Gasteiger partial charge in [-0.25, -0.2) is 0 Å². The topological polar surface area (TPSA) is 64.7 Å². The van der Waals surface area contributed by atoms with Crippen LogP contribution in [0.25, 0.3) is 11.0 Å². The summed E-state index contributed by atoms with van der Waals surface area (Å²) in [5.41, 5.74) is 6.68. The molecule has 0 unspecified atom stereocenters. The highest BCUT2D eigenvalue weighted by molar-refractivity contribution is 5.91. The molecule has 6 nitrogen and oxygen atoms in total. The number of amides is 1. The van der Waals surface area contributed by atoms with E-state index in [0.29, 0.717) is 13.0 Å². The fraction of sp³-hybridized carbons (Fsp3) is 0.450. The molecule has 1 aliphatic carbocycles. The van der Waals surface area contributed by atoms with Crippen LogP contribution in [-0.4, -0.2) is 25.5 Å². The number of nitrogens with zero attached hydrogens (tertiary/aromatic N) is 4. The van der Waals surface area contributed by atoms with E-state index in [2.05, 4.69) is 28.5 Å². The maximum Gasteiger partial charge on any atom is 0.226 e. The zero-order valence-electron chi connectivity index (χ0n) is 15.5. The molecule has 1 aromatic carbocycles. The largest absolute Gasteiger partial charge is 0.326 e. The van der Waals surface area contributed by atoms with Crippen LogP contribution in [0.3, 0.4) is 0 Å². The van der Waals surface area contributed by atoms with Crippen molar-refractivity contribution in [2.75, 3.05) is 5.32 Å². The molecule has 1 aliphatic rings. The van der Waals surface area contributed by atoms with Gasteiger partial charge in [-0.05, 0) is 56.7 Å². The molecule has 4 rings (SSSR count). The van der Waals surface area contributed by atoms with E-state index in [0.717, 1.165) is 41.8 Å². The molecular weight excluding hydrogens is 326 g/mol. The molecule has 1 N–H and O–H groups in total. The van der Waals surface area contributed by atoms with Gasteiger partial charge < -0.3 is 5.32 Å². The van der Waals surface area contributed by atoms with E-state index in [9.17, 15) is 4.79 Å². The molecule has 0 aliphatic heterocycles. The standard InChI is InChI=1S/C20H25N5O/c1-3-24-18-13-21-25(20(18)14(2)23-24)12-11-19(26)22-17-10-6-8-15-7-4-5-9-16(15)17/h6,8,10,13H,3-5,7,9,11-12H2,1-2H3,(H,22,26). The van der Waals surface area contributed by atoms with E-state index in [4.69, 9.17) is 0 Å². The van der Waals surface area contributed by atoms with Crippen molar-refractivity contribution in [3.05, 3.63) is 41.2 Å². The summed E-state index contributed by atoms with van der Waals surface area (Å²) in [7, 11) is 0. The Morgan fingerprint density at radius 1 is 1.23 bits per heavy atom. The summed E-state index contributed by atoms with van der Waals surface area (Å²) in [5.74, 6) is 0.0353. The van der Waals surface area contributed by atoms with Gasteiger partial charge in [0, 0.05) is 18.7 Å². The molecule has 0 saturated carbocycles. The summed E-state index contributed by atoms with van der Waals surface area (Å²) in [6.45, 7) is 5.43. The van der Waals surface area contributed by atoms with Crippen molar-refractivity contribution in [2.45, 2.75) is 59.0 Å². The number of fused-ring (bicyclic) bond motifs is 2. The Morgan fingerprint density at radius 2 is 2.08 bits per heavy atom. The Labute approximate surface area is 153 Å². The Hall–Kier alpha value is -2.63. The monoisotopic (exact) mass is 351 g/mol. The number of rotatable bonds is 5. The molecule has 0 bridgehead atoms. The van der Waals surface area contributed by atoms with Crippen LogP contribution < -0.4 is 5.32 Å². The molecule has 6 heteroatoms. The van der Waals surface area contributed by atoms with Crippen LogP contribution in [0.4, 0.5) is 5.69 Å². The average Bonchev–Trinajstić information content (AvgIpc) is 3.21. The number of aromatic nitrogens is 4. The molecule has 2 aromatic heterocycles. The number of aryl methyl sites for hydroxylation is 4. The van der Waals surface area contributed by atoms with Crippen LogP contribution in [0.15, 0.2) is 24.4 Å². The molecule has 1 amide bonds. The Bertz CT molecular complexity index is 953. The van der Waals surface area contributed by atoms with Crippen molar-refractivity contribution in [1.82, 2.24) is 19.6 Å². The quantitative estimate of drug-likeness (QED) is 0.765. The van der Waals surface area contributed by atoms with E-state index < -0.39 is 0 Å². The van der Waals surface area contributed by atoms with E-state index in [1.165, 1.54) is 24.0 Å². The minimum atomic E-state index is 0.0353. The predicted octanol–water partition coefficient (Wildman–Crippen LogP) is 3.47. The second kappa shape index (κ2) is 6.94. The number of hydrogen-bond acceptors (Lipinski definition) is 3. The lowest BCUT2D eigenvalue weighted by molar-refractivity contribution is -0.116. The van der Waals surface area contributed by atoms with E-state index in [1.807, 2.05) is 34.6 Å². The van der Waals surface area contributed by atoms with Crippen LogP contribution in [0.2, 0.25) is 0 Å². The minimum Gasteiger partial charge on any atom is -0.326 e. The zero-order chi connectivity index (χ0) is 18.1. The van der Waals surface area contributed by atoms with Crippen molar-refractivity contribution >= 4 is 22.6 Å². The van der Waals surface area contributed by atoms with Crippen molar-refractivity contribution in [2.24, 2.45) is 0 Å². The first-order valence-corrected chi connectivity index (χ1v) is 9.47. The lowest BCUT2D eigenvalue weighted by Gasteiger charge is -2.19. The molecule has 0 fully saturated rings. The summed E-state index contributed by atoms with van der Waals surface area (Å²) >= 11 is 0. The first-order valence-electron chi connectivity index (χ1n) is 9.47. The Kier molecular flexibility index (Phi) is 4.49. The molecule has 0 radical (unpaired) electrons. The number of carbonyl (C=O) groups excluding carboxylic acids is 1. The van der Waals surface area contributed by atoms with Crippen LogP contribution in [0.1, 0.15) is 43.0 Å². The maximum atomic E-state index is 12.5. The number of anilines is 1. The van der Waals surface area contributed by atoms with Crippen LogP contribution >= 0.6 is 0 Å². The van der Waals surface area contributed by atoms with Crippen LogP contribution in [0.5, 0.6) is 0 Å². The smallest absolute Gasteiger partial charge is 0.226 e. The third kappa shape index (κ3) is 3.00. The van der Waals surface area contributed by atoms with Crippen LogP contribution in [0, 0.1) is 6.92 Å². The third-order valence-electron chi connectivity index (χ3n) is 5.23. The van der Waals surface area contributed by atoms with Gasteiger partial charge in [0.2, 0.25) is 5.91 Å². The van der Waals surface area contributed by atoms with Gasteiger partial charge in [-0.2, -0.15) is 10.2 Å². The van der Waals surface area contributed by atoms with Gasteiger partial charge in [-0.3, -0.25) is 14.2 Å². The number of carbonyl (C=O) groups is 1. The van der Waals surface area contributed by atoms with Gasteiger partial charge in [0.05, 0.1) is 18.4 Å². The summed E-state index contributed by atoms with van der Waals surface area (Å²) in [6, 6.07) is 6.24. The highest BCUT2D eigenvalue weighted by atomic mass is 16.1. The van der Waals surface area contributed by atoms with E-state index >= 15 is 0 Å². The van der Waals surface area contributed by atoms with E-state index in [-0.39, 0.29) is 5.91 Å². The van der Waals surface area contributed by atoms with Gasteiger partial charge >= 0.3 is 0 Å². The lowest BCUT2D eigenvalue weighted by atomic mass is 9.90. The van der Waals surface area contributed by atoms with Crippen molar-refractivity contribution in [1.29, 1.82) is 0 Å². The average molecular weight is 351 g/mol. The summed E-state index contributed by atoms with van der Waals surface area (Å²) in [4.78, 5) is 12.5. The van der Waals surface area contributed by atoms with Crippen LogP contribution in [-0.2, 0) is 30.7 Å². The second-order valence-electron chi connectivity index (χ2n) is 6.95. The number of nitrogens with one attached hydrogen (secondary N) is 1. The van der Waals surface area contributed by atoms with Crippen molar-refractivity contribution in [3.63, 3.8) is 0 Å². The Balaban J connectivity index is 1.46. The third-order valence-corrected chi connectivity index (χ3v) is 5.23. The fourth-order valence-electron chi connectivity index (χ4n) is 3.95. The first kappa shape index (κ1) is 16.8. The second-order valence-corrected chi connectivity index (χ2v) is 6.95. The lowest BCUT2D eigenvalue weighted by Crippen LogP contribution is -2.17. The normalized spacial score (nSPS) is 13.8. The van der Waals surface area contributed by atoms with Gasteiger partial charge in [0.15, 0.2) is 0 Å². The maximum absolute atomic E-state index is 12.5. The van der Waals surface area contributed by atoms with E-state index in [1.54, 1.807) is 0 Å². The van der Waals surface area contributed by atoms with Crippen molar-refractivity contribution < 1.29 is 4.79 Å². The molecular formula is C20H25N5O. The van der Waals surface area contributed by atoms with Crippen molar-refractivity contribution in [3.8, 4) is 0 Å². The number of hydrogen-bond donors (Lipinski definition) is 1. The zero-order valence-corrected chi connectivity index (χ0v) is 15.5. The summed E-state index contributed by atoms with van der Waals surface area (Å²) in [6.07, 6.45) is 6.85. The summed E-state index contributed by atoms with van der Waals surface area (Å²) in [5, 5.41) is 12.1. The van der Waals surface area contributed by atoms with Gasteiger partial charge in [-0.15, -0.1) is 0 Å². The fourth-order valence-corrected chi connectivity index (χ4v) is 3.95. The molecule has 136 valence electrons. The molecule has 26 heavy (non-hydrogen) atoms. The molecule has 0 spiro atoms. The SMILES string of the molecule is CCn1nc(C)c2c1cnn2CCC(=O)Nc1cccc2c1CCCC2. The molecule has 0 saturated heterocycles. The van der Waals surface area contributed by atoms with Gasteiger partial charge in [-0.1, -0.05) is 12.1 Å². The first-order chi connectivity index (χ1) is 12.7. The highest BCUT2D eigenvalue weighted by Crippen LogP contribution is 2.28. The van der Waals surface area contributed by atoms with Gasteiger partial charge in [0.1, 0.15) is 11.0 Å². The predicted molar refractivity (Wildman–Crippen MR) is 102 cm³/mol. The number of benzene rings is 1. The molecule has 3 aromatic rings. The molecule has 2 heterocycles. The van der Waals surface area contributed by atoms with Gasteiger partial charge in [0.25, 0.3) is 0 Å². The molecule has 0 atom stereocenters.